The fraction of sp³-hybridized carbons (Fsp3) is 0.733. The highest BCUT2D eigenvalue weighted by Crippen LogP contribution is 2.47. The maximum Gasteiger partial charge on any atom is 0.219 e. The van der Waals surface area contributed by atoms with Crippen LogP contribution in [0.3, 0.4) is 0 Å². The number of allylic oxidation sites excluding steroid dienone is 2. The van der Waals surface area contributed by atoms with Crippen LogP contribution >= 0.6 is 12.9 Å². The standard InChI is InChI=1S/C15H23NO3S/c1-10(2)14-12(18)8-15(9-13(14)19-20)4-6-16(7-5-15)11(3)17/h10,20H,4-9H2,1-3H3. The van der Waals surface area contributed by atoms with Gasteiger partial charge in [-0.25, -0.2) is 0 Å². The van der Waals surface area contributed by atoms with E-state index in [1.807, 2.05) is 18.7 Å². The van der Waals surface area contributed by atoms with Crippen LogP contribution in [0, 0.1) is 11.3 Å². The van der Waals surface area contributed by atoms with Crippen molar-refractivity contribution in [3.8, 4) is 0 Å². The van der Waals surface area contributed by atoms with Crippen molar-refractivity contribution >= 4 is 24.6 Å². The molecule has 20 heavy (non-hydrogen) atoms. The van der Waals surface area contributed by atoms with Gasteiger partial charge in [0.25, 0.3) is 0 Å². The molecule has 4 nitrogen and oxygen atoms in total. The van der Waals surface area contributed by atoms with E-state index in [1.54, 1.807) is 6.92 Å². The van der Waals surface area contributed by atoms with Gasteiger partial charge >= 0.3 is 0 Å². The molecule has 0 atom stereocenters. The number of piperidine rings is 1. The molecular formula is C15H23NO3S. The van der Waals surface area contributed by atoms with Crippen molar-refractivity contribution in [1.82, 2.24) is 4.90 Å². The fourth-order valence-electron chi connectivity index (χ4n) is 3.46. The first-order chi connectivity index (χ1) is 9.38. The molecule has 0 saturated carbocycles. The van der Waals surface area contributed by atoms with Crippen LogP contribution in [-0.4, -0.2) is 29.7 Å². The molecule has 0 bridgehead atoms. The second-order valence-electron chi connectivity index (χ2n) is 6.37. The van der Waals surface area contributed by atoms with Gasteiger partial charge in [0, 0.05) is 51.3 Å². The minimum absolute atomic E-state index is 0.0422. The summed E-state index contributed by atoms with van der Waals surface area (Å²) in [4.78, 5) is 25.7. The van der Waals surface area contributed by atoms with Crippen molar-refractivity contribution in [2.24, 2.45) is 11.3 Å². The largest absolute Gasteiger partial charge is 0.433 e. The van der Waals surface area contributed by atoms with Gasteiger partial charge in [0.1, 0.15) is 5.76 Å². The summed E-state index contributed by atoms with van der Waals surface area (Å²) in [6.07, 6.45) is 3.07. The normalized spacial score (nSPS) is 22.6. The Morgan fingerprint density at radius 2 is 1.90 bits per heavy atom. The molecule has 1 heterocycles. The van der Waals surface area contributed by atoms with Gasteiger partial charge in [-0.15, -0.1) is 0 Å². The molecular weight excluding hydrogens is 274 g/mol. The zero-order valence-electron chi connectivity index (χ0n) is 12.4. The molecule has 112 valence electrons. The van der Waals surface area contributed by atoms with Crippen LogP contribution < -0.4 is 0 Å². The van der Waals surface area contributed by atoms with E-state index in [4.69, 9.17) is 4.18 Å². The molecule has 1 spiro atoms. The van der Waals surface area contributed by atoms with Crippen molar-refractivity contribution in [1.29, 1.82) is 0 Å². The highest BCUT2D eigenvalue weighted by molar-refractivity contribution is 7.75. The van der Waals surface area contributed by atoms with Crippen molar-refractivity contribution in [3.05, 3.63) is 11.3 Å². The Morgan fingerprint density at radius 3 is 2.35 bits per heavy atom. The second kappa shape index (κ2) is 5.80. The molecule has 5 heteroatoms. The summed E-state index contributed by atoms with van der Waals surface area (Å²) in [5.41, 5.74) is 0.749. The number of likely N-dealkylation sites (tertiary alicyclic amines) is 1. The topological polar surface area (TPSA) is 46.6 Å². The fourth-order valence-corrected chi connectivity index (χ4v) is 3.63. The molecule has 0 aromatic heterocycles. The number of amides is 1. The third kappa shape index (κ3) is 2.87. The van der Waals surface area contributed by atoms with E-state index in [1.165, 1.54) is 0 Å². The van der Waals surface area contributed by atoms with Gasteiger partial charge in [-0.3, -0.25) is 9.59 Å². The average molecular weight is 297 g/mol. The first-order valence-electron chi connectivity index (χ1n) is 7.22. The molecule has 0 N–H and O–H groups in total. The van der Waals surface area contributed by atoms with Crippen molar-refractivity contribution in [3.63, 3.8) is 0 Å². The molecule has 2 rings (SSSR count). The smallest absolute Gasteiger partial charge is 0.219 e. The van der Waals surface area contributed by atoms with Gasteiger partial charge in [-0.2, -0.15) is 0 Å². The summed E-state index contributed by atoms with van der Waals surface area (Å²) >= 11 is 3.94. The molecule has 1 aliphatic carbocycles. The maximum atomic E-state index is 12.4. The number of carbonyl (C=O) groups excluding carboxylic acids is 2. The van der Waals surface area contributed by atoms with Crippen LogP contribution in [0.4, 0.5) is 0 Å². The van der Waals surface area contributed by atoms with Gasteiger partial charge in [0.2, 0.25) is 5.91 Å². The van der Waals surface area contributed by atoms with Crippen LogP contribution in [-0.2, 0) is 13.8 Å². The Hall–Kier alpha value is -0.970. The van der Waals surface area contributed by atoms with Crippen molar-refractivity contribution in [2.45, 2.75) is 46.5 Å². The van der Waals surface area contributed by atoms with Crippen molar-refractivity contribution in [2.75, 3.05) is 13.1 Å². The molecule has 1 fully saturated rings. The lowest BCUT2D eigenvalue weighted by molar-refractivity contribution is -0.131. The molecule has 0 radical (unpaired) electrons. The quantitative estimate of drug-likeness (QED) is 0.630. The summed E-state index contributed by atoms with van der Waals surface area (Å²) in [6, 6.07) is 0. The number of thiol groups is 1. The van der Waals surface area contributed by atoms with Gasteiger partial charge in [0.15, 0.2) is 5.78 Å². The van der Waals surface area contributed by atoms with Crippen LogP contribution in [0.1, 0.15) is 46.5 Å². The lowest BCUT2D eigenvalue weighted by Gasteiger charge is -2.44. The predicted octanol–water partition coefficient (Wildman–Crippen LogP) is 2.75. The monoisotopic (exact) mass is 297 g/mol. The highest BCUT2D eigenvalue weighted by Gasteiger charge is 2.43. The second-order valence-corrected chi connectivity index (χ2v) is 6.55. The van der Waals surface area contributed by atoms with E-state index in [9.17, 15) is 9.59 Å². The molecule has 1 saturated heterocycles. The molecule has 2 aliphatic rings. The molecule has 0 aromatic rings. The maximum absolute atomic E-state index is 12.4. The molecule has 0 unspecified atom stereocenters. The summed E-state index contributed by atoms with van der Waals surface area (Å²) in [5, 5.41) is 0. The summed E-state index contributed by atoms with van der Waals surface area (Å²) in [7, 11) is 0. The van der Waals surface area contributed by atoms with Gasteiger partial charge in [-0.05, 0) is 24.2 Å². The SMILES string of the molecule is CC(=O)N1CCC2(CC1)CC(=O)C(C(C)C)=C(OS)C2. The number of Topliss-reactive ketones (excluding diaryl/α,β-unsaturated/α-hetero) is 1. The minimum atomic E-state index is -0.0422. The van der Waals surface area contributed by atoms with Crippen LogP contribution in [0.5, 0.6) is 0 Å². The lowest BCUT2D eigenvalue weighted by Crippen LogP contribution is -2.45. The van der Waals surface area contributed by atoms with E-state index >= 15 is 0 Å². The van der Waals surface area contributed by atoms with Crippen molar-refractivity contribution < 1.29 is 13.8 Å². The summed E-state index contributed by atoms with van der Waals surface area (Å²) in [5.74, 6) is 1.20. The number of rotatable bonds is 2. The van der Waals surface area contributed by atoms with Gasteiger partial charge < -0.3 is 9.08 Å². The van der Waals surface area contributed by atoms with E-state index in [-0.39, 0.29) is 23.0 Å². The Bertz CT molecular complexity index is 448. The number of hydrogen-bond acceptors (Lipinski definition) is 4. The van der Waals surface area contributed by atoms with E-state index in [0.717, 1.165) is 43.7 Å². The highest BCUT2D eigenvalue weighted by atomic mass is 32.1. The molecule has 1 aliphatic heterocycles. The van der Waals surface area contributed by atoms with Crippen LogP contribution in [0.25, 0.3) is 0 Å². The molecule has 0 aromatic carbocycles. The Kier molecular flexibility index (Phi) is 4.47. The lowest BCUT2D eigenvalue weighted by atomic mass is 9.66. The number of nitrogens with zero attached hydrogens (tertiary/aromatic N) is 1. The molecule has 1 amide bonds. The number of carbonyl (C=O) groups is 2. The van der Waals surface area contributed by atoms with Crippen LogP contribution in [0.15, 0.2) is 11.3 Å². The third-order valence-electron chi connectivity index (χ3n) is 4.63. The Balaban J connectivity index is 2.18. The van der Waals surface area contributed by atoms with Gasteiger partial charge in [0.05, 0.1) is 0 Å². The Morgan fingerprint density at radius 1 is 1.30 bits per heavy atom. The zero-order chi connectivity index (χ0) is 14.9. The first-order valence-corrected chi connectivity index (χ1v) is 7.58. The van der Waals surface area contributed by atoms with E-state index in [2.05, 4.69) is 12.9 Å². The average Bonchev–Trinajstić information content (AvgIpc) is 2.37. The van der Waals surface area contributed by atoms with E-state index < -0.39 is 0 Å². The van der Waals surface area contributed by atoms with E-state index in [0.29, 0.717) is 6.42 Å². The Labute approximate surface area is 126 Å². The summed E-state index contributed by atoms with van der Waals surface area (Å²) in [6.45, 7) is 7.09. The van der Waals surface area contributed by atoms with Gasteiger partial charge in [-0.1, -0.05) is 13.8 Å². The first kappa shape index (κ1) is 15.4. The number of ketones is 1. The number of hydrogen-bond donors (Lipinski definition) is 1. The third-order valence-corrected chi connectivity index (χ3v) is 4.85. The predicted molar refractivity (Wildman–Crippen MR) is 80.1 cm³/mol. The zero-order valence-corrected chi connectivity index (χ0v) is 13.3. The van der Waals surface area contributed by atoms with Crippen LogP contribution in [0.2, 0.25) is 0 Å². The minimum Gasteiger partial charge on any atom is -0.433 e. The summed E-state index contributed by atoms with van der Waals surface area (Å²) < 4.78 is 5.21.